The second-order valence-electron chi connectivity index (χ2n) is 8.33. The molecule has 0 aromatic carbocycles. The van der Waals surface area contributed by atoms with E-state index < -0.39 is 17.6 Å². The summed E-state index contributed by atoms with van der Waals surface area (Å²) in [4.78, 5) is 41.4. The third-order valence-electron chi connectivity index (χ3n) is 5.93. The Morgan fingerprint density at radius 1 is 1.24 bits per heavy atom. The van der Waals surface area contributed by atoms with Gasteiger partial charge in [0.15, 0.2) is 5.78 Å². The van der Waals surface area contributed by atoms with Crippen LogP contribution in [-0.2, 0) is 14.4 Å². The van der Waals surface area contributed by atoms with Gasteiger partial charge in [-0.05, 0) is 31.6 Å². The molecular formula is C18H30N4O3. The maximum absolute atomic E-state index is 12.9. The summed E-state index contributed by atoms with van der Waals surface area (Å²) in [6, 6.07) is -1.37. The molecule has 140 valence electrons. The van der Waals surface area contributed by atoms with E-state index >= 15 is 0 Å². The lowest BCUT2D eigenvalue weighted by atomic mass is 9.96. The third-order valence-corrected chi connectivity index (χ3v) is 5.93. The zero-order valence-corrected chi connectivity index (χ0v) is 15.2. The van der Waals surface area contributed by atoms with Crippen LogP contribution in [0.5, 0.6) is 0 Å². The molecule has 0 bridgehead atoms. The van der Waals surface area contributed by atoms with Crippen molar-refractivity contribution >= 4 is 17.6 Å². The van der Waals surface area contributed by atoms with E-state index in [4.69, 9.17) is 11.5 Å². The van der Waals surface area contributed by atoms with Crippen LogP contribution < -0.4 is 11.5 Å². The van der Waals surface area contributed by atoms with Gasteiger partial charge in [0.25, 0.3) is 0 Å². The number of amides is 2. The van der Waals surface area contributed by atoms with E-state index in [2.05, 4.69) is 0 Å². The predicted molar refractivity (Wildman–Crippen MR) is 93.4 cm³/mol. The average Bonchev–Trinajstić information content (AvgIpc) is 3.23. The number of nitrogens with zero attached hydrogens (tertiary/aromatic N) is 2. The summed E-state index contributed by atoms with van der Waals surface area (Å²) in [6.07, 6.45) is 4.47. The van der Waals surface area contributed by atoms with Crippen LogP contribution in [0.1, 0.15) is 52.4 Å². The number of nitrogens with two attached hydrogens (primary N) is 2. The van der Waals surface area contributed by atoms with Crippen LogP contribution in [0.2, 0.25) is 0 Å². The van der Waals surface area contributed by atoms with Crippen molar-refractivity contribution in [1.82, 2.24) is 9.80 Å². The van der Waals surface area contributed by atoms with Crippen molar-refractivity contribution in [3.63, 3.8) is 0 Å². The Morgan fingerprint density at radius 3 is 2.48 bits per heavy atom. The molecule has 3 rings (SSSR count). The summed E-state index contributed by atoms with van der Waals surface area (Å²) < 4.78 is 0. The largest absolute Gasteiger partial charge is 0.329 e. The fraction of sp³-hybridized carbons (Fsp3) is 0.833. The van der Waals surface area contributed by atoms with Crippen LogP contribution in [0.25, 0.3) is 0 Å². The van der Waals surface area contributed by atoms with Crippen molar-refractivity contribution in [3.05, 3.63) is 0 Å². The summed E-state index contributed by atoms with van der Waals surface area (Å²) >= 11 is 0. The SMILES string of the molecule is CC(C)CC(N)C(=O)N1CCC2C1C(=O)CN2C(=O)C1(N)CCCC1. The first-order valence-electron chi connectivity index (χ1n) is 9.43. The molecule has 7 nitrogen and oxygen atoms in total. The van der Waals surface area contributed by atoms with Gasteiger partial charge in [-0.3, -0.25) is 14.4 Å². The normalized spacial score (nSPS) is 29.4. The molecule has 3 unspecified atom stereocenters. The number of hydrogen-bond donors (Lipinski definition) is 2. The topological polar surface area (TPSA) is 110 Å². The molecule has 3 aliphatic rings. The molecule has 0 aromatic rings. The van der Waals surface area contributed by atoms with Gasteiger partial charge in [-0.15, -0.1) is 0 Å². The standard InChI is InChI=1S/C18H30N4O3/c1-11(2)9-12(19)16(24)21-8-5-13-15(21)14(23)10-22(13)17(25)18(20)6-3-4-7-18/h11-13,15H,3-10,19-20H2,1-2H3. The Kier molecular flexibility index (Phi) is 4.90. The predicted octanol–water partition coefficient (Wildman–Crippen LogP) is 0.0121. The number of Topliss-reactive ketones (excluding diaryl/α,β-unsaturated/α-hetero) is 1. The van der Waals surface area contributed by atoms with E-state index in [9.17, 15) is 14.4 Å². The van der Waals surface area contributed by atoms with Gasteiger partial charge in [0.1, 0.15) is 6.04 Å². The molecule has 1 saturated carbocycles. The number of fused-ring (bicyclic) bond motifs is 1. The molecule has 0 radical (unpaired) electrons. The highest BCUT2D eigenvalue weighted by Crippen LogP contribution is 2.35. The minimum Gasteiger partial charge on any atom is -0.329 e. The molecular weight excluding hydrogens is 320 g/mol. The van der Waals surface area contributed by atoms with Gasteiger partial charge < -0.3 is 21.3 Å². The highest BCUT2D eigenvalue weighted by atomic mass is 16.2. The van der Waals surface area contributed by atoms with Gasteiger partial charge in [-0.2, -0.15) is 0 Å². The molecule has 0 aromatic heterocycles. The van der Waals surface area contributed by atoms with E-state index in [0.29, 0.717) is 38.1 Å². The fourth-order valence-electron chi connectivity index (χ4n) is 4.67. The lowest BCUT2D eigenvalue weighted by Gasteiger charge is -2.32. The molecule has 2 aliphatic heterocycles. The average molecular weight is 350 g/mol. The van der Waals surface area contributed by atoms with E-state index in [1.54, 1.807) is 9.80 Å². The molecule has 1 aliphatic carbocycles. The van der Waals surface area contributed by atoms with Crippen LogP contribution in [0.4, 0.5) is 0 Å². The van der Waals surface area contributed by atoms with E-state index in [0.717, 1.165) is 12.8 Å². The second-order valence-corrected chi connectivity index (χ2v) is 8.33. The number of hydrogen-bond acceptors (Lipinski definition) is 5. The lowest BCUT2D eigenvalue weighted by molar-refractivity contribution is -0.138. The maximum Gasteiger partial charge on any atom is 0.243 e. The van der Waals surface area contributed by atoms with Gasteiger partial charge in [0.2, 0.25) is 11.8 Å². The molecule has 3 atom stereocenters. The van der Waals surface area contributed by atoms with Gasteiger partial charge in [0.05, 0.1) is 24.2 Å². The first-order valence-corrected chi connectivity index (χ1v) is 9.43. The number of ketones is 1. The zero-order valence-electron chi connectivity index (χ0n) is 15.2. The molecule has 7 heteroatoms. The molecule has 4 N–H and O–H groups in total. The van der Waals surface area contributed by atoms with Gasteiger partial charge in [0, 0.05) is 6.54 Å². The first kappa shape index (κ1) is 18.3. The second kappa shape index (κ2) is 6.68. The van der Waals surface area contributed by atoms with Crippen LogP contribution >= 0.6 is 0 Å². The third kappa shape index (κ3) is 3.19. The van der Waals surface area contributed by atoms with Crippen molar-refractivity contribution in [3.8, 4) is 0 Å². The van der Waals surface area contributed by atoms with Crippen molar-refractivity contribution in [2.45, 2.75) is 76.0 Å². The van der Waals surface area contributed by atoms with Crippen LogP contribution in [0, 0.1) is 5.92 Å². The number of carbonyl (C=O) groups excluding carboxylic acids is 3. The Bertz CT molecular complexity index is 571. The highest BCUT2D eigenvalue weighted by molar-refractivity contribution is 6.00. The molecule has 0 spiro atoms. The van der Waals surface area contributed by atoms with E-state index in [1.165, 1.54) is 0 Å². The molecule has 2 amide bonds. The van der Waals surface area contributed by atoms with Gasteiger partial charge >= 0.3 is 0 Å². The maximum atomic E-state index is 12.9. The number of rotatable bonds is 4. The smallest absolute Gasteiger partial charge is 0.243 e. The summed E-state index contributed by atoms with van der Waals surface area (Å²) in [5, 5.41) is 0. The monoisotopic (exact) mass is 350 g/mol. The summed E-state index contributed by atoms with van der Waals surface area (Å²) in [5.74, 6) is -0.0458. The van der Waals surface area contributed by atoms with E-state index in [-0.39, 0.29) is 30.2 Å². The summed E-state index contributed by atoms with van der Waals surface area (Å²) in [7, 11) is 0. The van der Waals surface area contributed by atoms with Crippen LogP contribution in [0.3, 0.4) is 0 Å². The molecule has 2 heterocycles. The Labute approximate surface area is 149 Å². The molecule has 3 fully saturated rings. The Morgan fingerprint density at radius 2 is 1.88 bits per heavy atom. The minimum atomic E-state index is -0.833. The molecule has 2 saturated heterocycles. The summed E-state index contributed by atoms with van der Waals surface area (Å²) in [6.45, 7) is 4.58. The van der Waals surface area contributed by atoms with Gasteiger partial charge in [-0.25, -0.2) is 0 Å². The first-order chi connectivity index (χ1) is 11.7. The van der Waals surface area contributed by atoms with Crippen LogP contribution in [-0.4, -0.2) is 64.2 Å². The summed E-state index contributed by atoms with van der Waals surface area (Å²) in [5.41, 5.74) is 11.5. The Balaban J connectivity index is 1.73. The fourth-order valence-corrected chi connectivity index (χ4v) is 4.67. The van der Waals surface area contributed by atoms with Crippen molar-refractivity contribution in [1.29, 1.82) is 0 Å². The Hall–Kier alpha value is -1.47. The van der Waals surface area contributed by atoms with Crippen molar-refractivity contribution in [2.24, 2.45) is 17.4 Å². The quantitative estimate of drug-likeness (QED) is 0.742. The number of carbonyl (C=O) groups is 3. The minimum absolute atomic E-state index is 0.0658. The molecule has 25 heavy (non-hydrogen) atoms. The van der Waals surface area contributed by atoms with Crippen LogP contribution in [0.15, 0.2) is 0 Å². The zero-order chi connectivity index (χ0) is 18.4. The van der Waals surface area contributed by atoms with E-state index in [1.807, 2.05) is 13.8 Å². The van der Waals surface area contributed by atoms with Gasteiger partial charge in [-0.1, -0.05) is 26.7 Å². The number of likely N-dealkylation sites (tertiary alicyclic amines) is 2. The van der Waals surface area contributed by atoms with Crippen molar-refractivity contribution in [2.75, 3.05) is 13.1 Å². The lowest BCUT2D eigenvalue weighted by Crippen LogP contribution is -2.55. The van der Waals surface area contributed by atoms with Crippen molar-refractivity contribution < 1.29 is 14.4 Å². The highest BCUT2D eigenvalue weighted by Gasteiger charge is 2.54.